The fraction of sp³-hybridized carbons (Fsp3) is 0.706. The molecule has 0 spiro atoms. The number of hydrogen-bond donors (Lipinski definition) is 2. The molecule has 4 rings (SSSR count). The van der Waals surface area contributed by atoms with Gasteiger partial charge in [0.25, 0.3) is 0 Å². The van der Waals surface area contributed by atoms with Gasteiger partial charge in [-0.2, -0.15) is 0 Å². The Kier molecular flexibility index (Phi) is 10.4. The van der Waals surface area contributed by atoms with E-state index in [9.17, 15) is 19.2 Å². The molecule has 0 radical (unpaired) electrons. The number of alkyl carbamates (subject to hydrolysis) is 1. The number of hydrogen-bond acceptors (Lipinski definition) is 6. The lowest BCUT2D eigenvalue weighted by Crippen LogP contribution is -2.61. The predicted molar refractivity (Wildman–Crippen MR) is 164 cm³/mol. The maximum absolute atomic E-state index is 14.3. The van der Waals surface area contributed by atoms with Gasteiger partial charge < -0.3 is 25.0 Å². The molecule has 0 aromatic heterocycles. The first-order valence-corrected chi connectivity index (χ1v) is 16.1. The van der Waals surface area contributed by atoms with Crippen molar-refractivity contribution in [2.45, 2.75) is 123 Å². The topological polar surface area (TPSA) is 114 Å². The van der Waals surface area contributed by atoms with Gasteiger partial charge in [-0.3, -0.25) is 9.59 Å². The van der Waals surface area contributed by atoms with Crippen LogP contribution < -0.4 is 10.6 Å². The maximum atomic E-state index is 14.3. The van der Waals surface area contributed by atoms with E-state index in [4.69, 9.17) is 9.47 Å². The summed E-state index contributed by atoms with van der Waals surface area (Å²) >= 11 is 0. The quantitative estimate of drug-likeness (QED) is 0.390. The molecule has 238 valence electrons. The standard InChI is InChI=1S/C34H51N3O6/c1-33(2,3)28(30(39)37-20-24-18-13-19-25(24)27(37)31(40)43-34(4,5)6)36-29(38)26(23-16-11-8-12-17-23)35-32(41)42-21-22-14-9-7-10-15-22/h7,9-10,14-15,23-28H,8,11-13,16-21H2,1-6H3,(H,35,41)(H,36,38)/t24?,25?,26-,27?,28+/m0/s1. The molecule has 2 saturated carbocycles. The van der Waals surface area contributed by atoms with E-state index >= 15 is 0 Å². The molecular formula is C34H51N3O6. The Balaban J connectivity index is 1.52. The zero-order valence-electron chi connectivity index (χ0n) is 26.8. The van der Waals surface area contributed by atoms with Crippen molar-refractivity contribution in [2.75, 3.05) is 6.54 Å². The van der Waals surface area contributed by atoms with Crippen LogP contribution in [0.25, 0.3) is 0 Å². The molecule has 1 aromatic rings. The number of amides is 3. The Bertz CT molecular complexity index is 1140. The molecule has 1 saturated heterocycles. The Morgan fingerprint density at radius 1 is 0.884 bits per heavy atom. The first-order chi connectivity index (χ1) is 20.2. The Morgan fingerprint density at radius 3 is 2.19 bits per heavy atom. The van der Waals surface area contributed by atoms with Crippen LogP contribution in [0.4, 0.5) is 4.79 Å². The second-order valence-electron chi connectivity index (χ2n) is 14.7. The lowest BCUT2D eigenvalue weighted by atomic mass is 9.82. The fourth-order valence-electron chi connectivity index (χ4n) is 7.00. The van der Waals surface area contributed by atoms with Gasteiger partial charge in [0.15, 0.2) is 0 Å². The van der Waals surface area contributed by atoms with E-state index in [1.807, 2.05) is 71.9 Å². The second-order valence-corrected chi connectivity index (χ2v) is 14.7. The summed E-state index contributed by atoms with van der Waals surface area (Å²) in [5, 5.41) is 5.87. The smallest absolute Gasteiger partial charge is 0.408 e. The number of benzene rings is 1. The van der Waals surface area contributed by atoms with Crippen molar-refractivity contribution in [2.24, 2.45) is 23.2 Å². The number of carbonyl (C=O) groups is 4. The Morgan fingerprint density at radius 2 is 1.56 bits per heavy atom. The predicted octanol–water partition coefficient (Wildman–Crippen LogP) is 5.36. The molecule has 9 nitrogen and oxygen atoms in total. The van der Waals surface area contributed by atoms with Crippen LogP contribution in [0.3, 0.4) is 0 Å². The highest BCUT2D eigenvalue weighted by Crippen LogP contribution is 2.44. The summed E-state index contributed by atoms with van der Waals surface area (Å²) in [5.41, 5.74) is -0.466. The van der Waals surface area contributed by atoms with E-state index in [-0.39, 0.29) is 36.2 Å². The fourth-order valence-corrected chi connectivity index (χ4v) is 7.00. The van der Waals surface area contributed by atoms with Gasteiger partial charge in [0.2, 0.25) is 11.8 Å². The molecule has 1 aromatic carbocycles. The molecular weight excluding hydrogens is 546 g/mol. The minimum Gasteiger partial charge on any atom is -0.458 e. The summed E-state index contributed by atoms with van der Waals surface area (Å²) < 4.78 is 11.3. The number of carbonyl (C=O) groups excluding carboxylic acids is 4. The largest absolute Gasteiger partial charge is 0.458 e. The highest BCUT2D eigenvalue weighted by atomic mass is 16.6. The van der Waals surface area contributed by atoms with E-state index in [2.05, 4.69) is 10.6 Å². The minimum absolute atomic E-state index is 0.0607. The first-order valence-electron chi connectivity index (χ1n) is 16.1. The molecule has 1 heterocycles. The molecule has 1 aliphatic heterocycles. The van der Waals surface area contributed by atoms with Crippen molar-refractivity contribution in [1.82, 2.24) is 15.5 Å². The summed E-state index contributed by atoms with van der Waals surface area (Å²) in [6.45, 7) is 11.8. The number of ether oxygens (including phenoxy) is 2. The summed E-state index contributed by atoms with van der Waals surface area (Å²) in [5.74, 6) is -0.809. The van der Waals surface area contributed by atoms with Gasteiger partial charge >= 0.3 is 12.1 Å². The SMILES string of the molecule is CC(C)(C)OC(=O)C1C2CCCC2CN1C(=O)[C@@H](NC(=O)[C@@H](NC(=O)OCc1ccccc1)C1CCCCC1)C(C)(C)C. The zero-order valence-corrected chi connectivity index (χ0v) is 26.8. The maximum Gasteiger partial charge on any atom is 0.408 e. The Labute approximate surface area is 256 Å². The molecule has 3 unspecified atom stereocenters. The summed E-state index contributed by atoms with van der Waals surface area (Å²) in [4.78, 5) is 56.3. The molecule has 5 atom stereocenters. The van der Waals surface area contributed by atoms with Crippen LogP contribution >= 0.6 is 0 Å². The molecule has 0 bridgehead atoms. The summed E-state index contributed by atoms with van der Waals surface area (Å²) in [6.07, 6.45) is 6.88. The van der Waals surface area contributed by atoms with Gasteiger partial charge in [-0.1, -0.05) is 76.8 Å². The first kappa shape index (κ1) is 32.8. The van der Waals surface area contributed by atoms with E-state index in [0.717, 1.165) is 56.9 Å². The van der Waals surface area contributed by atoms with Crippen molar-refractivity contribution in [3.63, 3.8) is 0 Å². The van der Waals surface area contributed by atoms with Gasteiger partial charge in [0.05, 0.1) is 0 Å². The molecule has 3 amide bonds. The number of nitrogens with zero attached hydrogens (tertiary/aromatic N) is 1. The number of rotatable bonds is 8. The highest BCUT2D eigenvalue weighted by molar-refractivity contribution is 5.94. The number of likely N-dealkylation sites (tertiary alicyclic amines) is 1. The molecule has 2 aliphatic carbocycles. The summed E-state index contributed by atoms with van der Waals surface area (Å²) in [6, 6.07) is 6.99. The third-order valence-corrected chi connectivity index (χ3v) is 9.11. The lowest BCUT2D eigenvalue weighted by molar-refractivity contribution is -0.165. The van der Waals surface area contributed by atoms with E-state index in [1.54, 1.807) is 4.90 Å². The average molecular weight is 598 g/mol. The number of fused-ring (bicyclic) bond motifs is 1. The zero-order chi connectivity index (χ0) is 31.4. The average Bonchev–Trinajstić information content (AvgIpc) is 3.54. The lowest BCUT2D eigenvalue weighted by Gasteiger charge is -2.38. The highest BCUT2D eigenvalue weighted by Gasteiger charge is 2.53. The molecule has 9 heteroatoms. The van der Waals surface area contributed by atoms with Crippen LogP contribution in [-0.2, 0) is 30.5 Å². The van der Waals surface area contributed by atoms with Crippen molar-refractivity contribution in [3.8, 4) is 0 Å². The molecule has 2 N–H and O–H groups in total. The van der Waals surface area contributed by atoms with Crippen LogP contribution in [0.1, 0.15) is 98.5 Å². The normalized spacial score (nSPS) is 24.0. The van der Waals surface area contributed by atoms with Gasteiger partial charge in [-0.05, 0) is 75.2 Å². The van der Waals surface area contributed by atoms with Crippen LogP contribution in [0, 0.1) is 23.2 Å². The van der Waals surface area contributed by atoms with Crippen LogP contribution in [0.15, 0.2) is 30.3 Å². The van der Waals surface area contributed by atoms with Gasteiger partial charge in [0, 0.05) is 6.54 Å². The van der Waals surface area contributed by atoms with Crippen molar-refractivity contribution < 1.29 is 28.7 Å². The van der Waals surface area contributed by atoms with Crippen LogP contribution in [0.5, 0.6) is 0 Å². The van der Waals surface area contributed by atoms with E-state index < -0.39 is 41.1 Å². The van der Waals surface area contributed by atoms with Crippen LogP contribution in [-0.4, -0.2) is 59.0 Å². The number of nitrogens with one attached hydrogen (secondary N) is 2. The van der Waals surface area contributed by atoms with E-state index in [1.165, 1.54) is 0 Å². The number of esters is 1. The molecule has 3 fully saturated rings. The monoisotopic (exact) mass is 597 g/mol. The molecule has 43 heavy (non-hydrogen) atoms. The minimum atomic E-state index is -0.892. The third kappa shape index (κ3) is 8.51. The Hall–Kier alpha value is -3.10. The van der Waals surface area contributed by atoms with Gasteiger partial charge in [0.1, 0.15) is 30.3 Å². The third-order valence-electron chi connectivity index (χ3n) is 9.11. The second kappa shape index (κ2) is 13.7. The summed E-state index contributed by atoms with van der Waals surface area (Å²) in [7, 11) is 0. The van der Waals surface area contributed by atoms with Gasteiger partial charge in [-0.15, -0.1) is 0 Å². The molecule has 3 aliphatic rings. The van der Waals surface area contributed by atoms with Crippen molar-refractivity contribution in [3.05, 3.63) is 35.9 Å². The van der Waals surface area contributed by atoms with E-state index in [0.29, 0.717) is 6.54 Å². The van der Waals surface area contributed by atoms with Crippen molar-refractivity contribution >= 4 is 23.9 Å². The van der Waals surface area contributed by atoms with Gasteiger partial charge in [-0.25, -0.2) is 9.59 Å². The van der Waals surface area contributed by atoms with Crippen molar-refractivity contribution in [1.29, 1.82) is 0 Å². The van der Waals surface area contributed by atoms with Crippen LogP contribution in [0.2, 0.25) is 0 Å².